The third kappa shape index (κ3) is 3.96. The summed E-state index contributed by atoms with van der Waals surface area (Å²) < 4.78 is 0. The van der Waals surface area contributed by atoms with Gasteiger partial charge in [0.05, 0.1) is 18.6 Å². The van der Waals surface area contributed by atoms with E-state index in [0.717, 1.165) is 32.1 Å². The topological polar surface area (TPSA) is 69.6 Å². The Labute approximate surface area is 113 Å². The van der Waals surface area contributed by atoms with Gasteiger partial charge in [-0.25, -0.2) is 0 Å². The van der Waals surface area contributed by atoms with Crippen molar-refractivity contribution in [2.75, 3.05) is 0 Å². The molecule has 1 fully saturated rings. The van der Waals surface area contributed by atoms with Crippen molar-refractivity contribution < 1.29 is 15.0 Å². The maximum atomic E-state index is 12.0. The monoisotopic (exact) mass is 263 g/mol. The molecule has 1 aromatic carbocycles. The zero-order valence-corrected chi connectivity index (χ0v) is 11.0. The number of para-hydroxylation sites is 1. The SMILES string of the molecule is O=C(Cc1ccccc1O)NC1CCCCCC1O. The van der Waals surface area contributed by atoms with Crippen molar-refractivity contribution in [1.82, 2.24) is 5.32 Å². The molecule has 2 rings (SSSR count). The number of hydrogen-bond acceptors (Lipinski definition) is 3. The first kappa shape index (κ1) is 13.9. The Kier molecular flexibility index (Phi) is 4.80. The van der Waals surface area contributed by atoms with Gasteiger partial charge in [-0.15, -0.1) is 0 Å². The van der Waals surface area contributed by atoms with Gasteiger partial charge in [0.1, 0.15) is 5.75 Å². The minimum Gasteiger partial charge on any atom is -0.508 e. The molecule has 4 nitrogen and oxygen atoms in total. The summed E-state index contributed by atoms with van der Waals surface area (Å²) in [5.41, 5.74) is 0.614. The second-order valence-electron chi connectivity index (χ2n) is 5.18. The van der Waals surface area contributed by atoms with Gasteiger partial charge in [-0.05, 0) is 18.9 Å². The largest absolute Gasteiger partial charge is 0.508 e. The fourth-order valence-corrected chi connectivity index (χ4v) is 2.55. The number of aliphatic hydroxyl groups is 1. The number of carbonyl (C=O) groups excluding carboxylic acids is 1. The minimum atomic E-state index is -0.448. The molecular weight excluding hydrogens is 242 g/mol. The van der Waals surface area contributed by atoms with Gasteiger partial charge in [0.15, 0.2) is 0 Å². The van der Waals surface area contributed by atoms with E-state index in [0.29, 0.717) is 5.56 Å². The van der Waals surface area contributed by atoms with Crippen molar-refractivity contribution >= 4 is 5.91 Å². The molecule has 3 N–H and O–H groups in total. The number of amides is 1. The normalized spacial score (nSPS) is 23.6. The molecule has 1 saturated carbocycles. The number of aromatic hydroxyl groups is 1. The molecule has 2 atom stereocenters. The summed E-state index contributed by atoms with van der Waals surface area (Å²) in [5, 5.41) is 22.5. The van der Waals surface area contributed by atoms with E-state index in [-0.39, 0.29) is 24.1 Å². The zero-order valence-electron chi connectivity index (χ0n) is 11.0. The smallest absolute Gasteiger partial charge is 0.224 e. The molecule has 19 heavy (non-hydrogen) atoms. The average molecular weight is 263 g/mol. The molecule has 4 heteroatoms. The van der Waals surface area contributed by atoms with Crippen LogP contribution in [-0.2, 0) is 11.2 Å². The fourth-order valence-electron chi connectivity index (χ4n) is 2.55. The van der Waals surface area contributed by atoms with Crippen LogP contribution in [0.3, 0.4) is 0 Å². The molecule has 104 valence electrons. The summed E-state index contributed by atoms with van der Waals surface area (Å²) in [6.07, 6.45) is 4.45. The lowest BCUT2D eigenvalue weighted by atomic mass is 10.1. The Morgan fingerprint density at radius 1 is 1.21 bits per heavy atom. The maximum Gasteiger partial charge on any atom is 0.224 e. The Hall–Kier alpha value is -1.55. The standard InChI is InChI=1S/C15H21NO3/c17-13-8-5-4-6-11(13)10-15(19)16-12-7-2-1-3-9-14(12)18/h4-6,8,12,14,17-18H,1-3,7,9-10H2,(H,16,19). The lowest BCUT2D eigenvalue weighted by molar-refractivity contribution is -0.122. The average Bonchev–Trinajstić information content (AvgIpc) is 2.58. The third-order valence-corrected chi connectivity index (χ3v) is 3.67. The Morgan fingerprint density at radius 2 is 1.95 bits per heavy atom. The molecule has 1 aliphatic rings. The first-order valence-corrected chi connectivity index (χ1v) is 6.91. The molecule has 1 aliphatic carbocycles. The van der Waals surface area contributed by atoms with Gasteiger partial charge in [-0.2, -0.15) is 0 Å². The lowest BCUT2D eigenvalue weighted by Gasteiger charge is -2.21. The second-order valence-corrected chi connectivity index (χ2v) is 5.18. The van der Waals surface area contributed by atoms with E-state index in [4.69, 9.17) is 0 Å². The van der Waals surface area contributed by atoms with Gasteiger partial charge in [-0.1, -0.05) is 37.5 Å². The molecule has 1 amide bonds. The van der Waals surface area contributed by atoms with E-state index in [1.54, 1.807) is 24.3 Å². The fraction of sp³-hybridized carbons (Fsp3) is 0.533. The first-order valence-electron chi connectivity index (χ1n) is 6.91. The number of phenols is 1. The molecule has 0 heterocycles. The maximum absolute atomic E-state index is 12.0. The molecule has 0 bridgehead atoms. The molecule has 0 saturated heterocycles. The minimum absolute atomic E-state index is 0.138. The van der Waals surface area contributed by atoms with Crippen molar-refractivity contribution in [2.45, 2.75) is 50.7 Å². The molecule has 1 aromatic rings. The first-order chi connectivity index (χ1) is 9.16. The molecule has 0 aliphatic heterocycles. The summed E-state index contributed by atoms with van der Waals surface area (Å²) in [7, 11) is 0. The van der Waals surface area contributed by atoms with E-state index in [1.807, 2.05) is 0 Å². The van der Waals surface area contributed by atoms with Crippen LogP contribution in [-0.4, -0.2) is 28.3 Å². The summed E-state index contributed by atoms with van der Waals surface area (Å²) in [4.78, 5) is 12.0. The van der Waals surface area contributed by atoms with E-state index in [2.05, 4.69) is 5.32 Å². The highest BCUT2D eigenvalue weighted by molar-refractivity contribution is 5.79. The summed E-state index contributed by atoms with van der Waals surface area (Å²) in [6, 6.07) is 6.68. The highest BCUT2D eigenvalue weighted by Gasteiger charge is 2.23. The molecule has 0 radical (unpaired) electrons. The number of phenolic OH excluding ortho intramolecular Hbond substituents is 1. The number of rotatable bonds is 3. The van der Waals surface area contributed by atoms with Crippen LogP contribution in [0.25, 0.3) is 0 Å². The van der Waals surface area contributed by atoms with Gasteiger partial charge in [0.25, 0.3) is 0 Å². The van der Waals surface area contributed by atoms with E-state index in [9.17, 15) is 15.0 Å². The van der Waals surface area contributed by atoms with Crippen LogP contribution >= 0.6 is 0 Å². The molecule has 0 spiro atoms. The van der Waals surface area contributed by atoms with Gasteiger partial charge in [-0.3, -0.25) is 4.79 Å². The van der Waals surface area contributed by atoms with Gasteiger partial charge in [0, 0.05) is 5.56 Å². The number of nitrogens with one attached hydrogen (secondary N) is 1. The van der Waals surface area contributed by atoms with Crippen LogP contribution in [0.4, 0.5) is 0 Å². The van der Waals surface area contributed by atoms with E-state index >= 15 is 0 Å². The van der Waals surface area contributed by atoms with Crippen molar-refractivity contribution in [2.24, 2.45) is 0 Å². The van der Waals surface area contributed by atoms with Crippen LogP contribution in [0.15, 0.2) is 24.3 Å². The summed E-state index contributed by atoms with van der Waals surface area (Å²) in [5.74, 6) is -0.00786. The highest BCUT2D eigenvalue weighted by atomic mass is 16.3. The highest BCUT2D eigenvalue weighted by Crippen LogP contribution is 2.19. The summed E-state index contributed by atoms with van der Waals surface area (Å²) in [6.45, 7) is 0. The molecule has 0 aromatic heterocycles. The Bertz CT molecular complexity index is 433. The van der Waals surface area contributed by atoms with Gasteiger partial charge in [0.2, 0.25) is 5.91 Å². The second kappa shape index (κ2) is 6.57. The predicted molar refractivity (Wildman–Crippen MR) is 72.8 cm³/mol. The van der Waals surface area contributed by atoms with Crippen molar-refractivity contribution in [3.63, 3.8) is 0 Å². The summed E-state index contributed by atoms with van der Waals surface area (Å²) >= 11 is 0. The lowest BCUT2D eigenvalue weighted by Crippen LogP contribution is -2.43. The molecular formula is C15H21NO3. The van der Waals surface area contributed by atoms with Gasteiger partial charge >= 0.3 is 0 Å². The number of aliphatic hydroxyl groups excluding tert-OH is 1. The van der Waals surface area contributed by atoms with Crippen molar-refractivity contribution in [3.8, 4) is 5.75 Å². The van der Waals surface area contributed by atoms with Crippen LogP contribution in [0.1, 0.15) is 37.7 Å². The third-order valence-electron chi connectivity index (χ3n) is 3.67. The number of hydrogen-bond donors (Lipinski definition) is 3. The van der Waals surface area contributed by atoms with Crippen LogP contribution in [0, 0.1) is 0 Å². The quantitative estimate of drug-likeness (QED) is 0.728. The molecule has 2 unspecified atom stereocenters. The number of benzene rings is 1. The Morgan fingerprint density at radius 3 is 2.74 bits per heavy atom. The predicted octanol–water partition coefficient (Wildman–Crippen LogP) is 1.74. The van der Waals surface area contributed by atoms with Crippen LogP contribution in [0.5, 0.6) is 5.75 Å². The van der Waals surface area contributed by atoms with E-state index in [1.165, 1.54) is 0 Å². The number of carbonyl (C=O) groups is 1. The van der Waals surface area contributed by atoms with Crippen LogP contribution < -0.4 is 5.32 Å². The van der Waals surface area contributed by atoms with Crippen molar-refractivity contribution in [3.05, 3.63) is 29.8 Å². The van der Waals surface area contributed by atoms with E-state index < -0.39 is 6.10 Å². The van der Waals surface area contributed by atoms with Gasteiger partial charge < -0.3 is 15.5 Å². The zero-order chi connectivity index (χ0) is 13.7. The Balaban J connectivity index is 1.92. The van der Waals surface area contributed by atoms with Crippen molar-refractivity contribution in [1.29, 1.82) is 0 Å². The van der Waals surface area contributed by atoms with Crippen LogP contribution in [0.2, 0.25) is 0 Å².